The molecule has 0 fully saturated rings. The van der Waals surface area contributed by atoms with Gasteiger partial charge in [0.05, 0.1) is 12.2 Å². The zero-order valence-corrected chi connectivity index (χ0v) is 12.4. The van der Waals surface area contributed by atoms with E-state index in [-0.39, 0.29) is 11.8 Å². The van der Waals surface area contributed by atoms with Gasteiger partial charge in [-0.2, -0.15) is 0 Å². The molecule has 0 atom stereocenters. The van der Waals surface area contributed by atoms with E-state index < -0.39 is 0 Å². The summed E-state index contributed by atoms with van der Waals surface area (Å²) in [6.45, 7) is 1.68. The van der Waals surface area contributed by atoms with E-state index in [0.717, 1.165) is 23.4 Å². The van der Waals surface area contributed by atoms with Crippen molar-refractivity contribution in [2.24, 2.45) is 7.05 Å². The summed E-state index contributed by atoms with van der Waals surface area (Å²) in [5.74, 6) is -0.249. The molecule has 1 aromatic heterocycles. The monoisotopic (exact) mass is 303 g/mol. The summed E-state index contributed by atoms with van der Waals surface area (Å²) in [6.07, 6.45) is 1.44. The summed E-state index contributed by atoms with van der Waals surface area (Å²) >= 11 is 0. The summed E-state index contributed by atoms with van der Waals surface area (Å²) in [4.78, 5) is 13.9. The number of fused-ring (bicyclic) bond motifs is 1. The number of carbonyl (C=O) groups excluding carboxylic acids is 1. The number of hydrogen-bond acceptors (Lipinski definition) is 3. The van der Waals surface area contributed by atoms with Crippen LogP contribution in [0.2, 0.25) is 0 Å². The predicted molar refractivity (Wildman–Crippen MR) is 78.6 cm³/mol. The van der Waals surface area contributed by atoms with Gasteiger partial charge in [-0.25, -0.2) is 9.18 Å². The van der Waals surface area contributed by atoms with Gasteiger partial charge in [0.15, 0.2) is 0 Å². The zero-order chi connectivity index (χ0) is 15.5. The number of benzene rings is 1. The van der Waals surface area contributed by atoms with Gasteiger partial charge in [0.1, 0.15) is 11.5 Å². The van der Waals surface area contributed by atoms with Crippen molar-refractivity contribution in [2.75, 3.05) is 13.1 Å². The number of urea groups is 1. The first-order valence-corrected chi connectivity index (χ1v) is 7.28. The number of carbonyl (C=O) groups is 1. The van der Waals surface area contributed by atoms with E-state index in [0.29, 0.717) is 26.1 Å². The fourth-order valence-electron chi connectivity index (χ4n) is 2.60. The van der Waals surface area contributed by atoms with E-state index in [1.54, 1.807) is 21.7 Å². The molecule has 0 spiro atoms. The fourth-order valence-corrected chi connectivity index (χ4v) is 2.60. The first-order valence-electron chi connectivity index (χ1n) is 7.28. The molecular formula is C15H18FN5O. The Morgan fingerprint density at radius 3 is 2.91 bits per heavy atom. The minimum absolute atomic E-state index is 0.0987. The van der Waals surface area contributed by atoms with Gasteiger partial charge < -0.3 is 10.2 Å². The molecule has 116 valence electrons. The van der Waals surface area contributed by atoms with Gasteiger partial charge in [-0.15, -0.1) is 5.10 Å². The van der Waals surface area contributed by atoms with Crippen LogP contribution in [0.25, 0.3) is 0 Å². The van der Waals surface area contributed by atoms with E-state index in [9.17, 15) is 9.18 Å². The van der Waals surface area contributed by atoms with E-state index in [1.807, 2.05) is 7.05 Å². The summed E-state index contributed by atoms with van der Waals surface area (Å²) in [5.41, 5.74) is 2.95. The number of nitrogens with zero attached hydrogens (tertiary/aromatic N) is 4. The number of nitrogens with one attached hydrogen (secondary N) is 1. The van der Waals surface area contributed by atoms with Gasteiger partial charge in [-0.3, -0.25) is 4.68 Å². The lowest BCUT2D eigenvalue weighted by Crippen LogP contribution is -2.43. The Balaban J connectivity index is 1.49. The number of rotatable bonds is 3. The maximum absolute atomic E-state index is 12.8. The molecule has 2 amide bonds. The van der Waals surface area contributed by atoms with E-state index >= 15 is 0 Å². The molecule has 3 rings (SSSR count). The number of hydrogen-bond donors (Lipinski definition) is 1. The van der Waals surface area contributed by atoms with Crippen LogP contribution in [0.4, 0.5) is 9.18 Å². The summed E-state index contributed by atoms with van der Waals surface area (Å²) in [7, 11) is 1.87. The molecule has 22 heavy (non-hydrogen) atoms. The topological polar surface area (TPSA) is 63.1 Å². The molecule has 2 aromatic rings. The minimum Gasteiger partial charge on any atom is -0.338 e. The van der Waals surface area contributed by atoms with E-state index in [1.165, 1.54) is 12.1 Å². The van der Waals surface area contributed by atoms with Gasteiger partial charge in [-0.1, -0.05) is 17.3 Å². The van der Waals surface area contributed by atoms with Crippen LogP contribution in [0.3, 0.4) is 0 Å². The summed E-state index contributed by atoms with van der Waals surface area (Å²) in [5, 5.41) is 11.0. The Labute approximate surface area is 127 Å². The second-order valence-electron chi connectivity index (χ2n) is 5.39. The fraction of sp³-hybridized carbons (Fsp3) is 0.400. The van der Waals surface area contributed by atoms with Crippen molar-refractivity contribution in [1.82, 2.24) is 25.2 Å². The van der Waals surface area contributed by atoms with Crippen LogP contribution in [0.5, 0.6) is 0 Å². The largest absolute Gasteiger partial charge is 0.338 e. The maximum atomic E-state index is 12.8. The molecule has 1 aliphatic heterocycles. The van der Waals surface area contributed by atoms with Gasteiger partial charge in [0, 0.05) is 26.6 Å². The second kappa shape index (κ2) is 6.13. The third-order valence-corrected chi connectivity index (χ3v) is 3.87. The Bertz CT molecular complexity index is 667. The molecule has 7 heteroatoms. The van der Waals surface area contributed by atoms with Gasteiger partial charge in [0.2, 0.25) is 0 Å². The van der Waals surface area contributed by atoms with Gasteiger partial charge in [-0.05, 0) is 24.1 Å². The first kappa shape index (κ1) is 14.5. The van der Waals surface area contributed by atoms with Crippen molar-refractivity contribution in [2.45, 2.75) is 19.4 Å². The Hall–Kier alpha value is -2.44. The van der Waals surface area contributed by atoms with Crippen molar-refractivity contribution in [3.63, 3.8) is 0 Å². The average Bonchev–Trinajstić information content (AvgIpc) is 2.90. The average molecular weight is 303 g/mol. The first-order chi connectivity index (χ1) is 10.6. The lowest BCUT2D eigenvalue weighted by atomic mass is 10.1. The number of halogens is 1. The highest BCUT2D eigenvalue weighted by Crippen LogP contribution is 2.15. The SMILES string of the molecule is Cn1nnc2c1CCN(C(=O)NCCc1ccc(F)cc1)C2. The van der Waals surface area contributed by atoms with Crippen molar-refractivity contribution in [3.05, 3.63) is 47.0 Å². The molecule has 0 unspecified atom stereocenters. The van der Waals surface area contributed by atoms with Crippen molar-refractivity contribution in [1.29, 1.82) is 0 Å². The minimum atomic E-state index is -0.249. The molecule has 0 radical (unpaired) electrons. The van der Waals surface area contributed by atoms with Gasteiger partial charge in [0.25, 0.3) is 0 Å². The van der Waals surface area contributed by atoms with Crippen molar-refractivity contribution < 1.29 is 9.18 Å². The van der Waals surface area contributed by atoms with Crippen LogP contribution in [0.15, 0.2) is 24.3 Å². The number of amides is 2. The van der Waals surface area contributed by atoms with Gasteiger partial charge >= 0.3 is 6.03 Å². The molecule has 0 aliphatic carbocycles. The molecule has 1 N–H and O–H groups in total. The summed E-state index contributed by atoms with van der Waals surface area (Å²) in [6, 6.07) is 6.22. The smallest absolute Gasteiger partial charge is 0.317 e. The molecule has 1 aromatic carbocycles. The lowest BCUT2D eigenvalue weighted by molar-refractivity contribution is 0.191. The highest BCUT2D eigenvalue weighted by Gasteiger charge is 2.24. The highest BCUT2D eigenvalue weighted by molar-refractivity contribution is 5.74. The standard InChI is InChI=1S/C15H18FN5O/c1-20-14-7-9-21(10-13(14)18-19-20)15(22)17-8-6-11-2-4-12(16)5-3-11/h2-5H,6-10H2,1H3,(H,17,22). The third-order valence-electron chi connectivity index (χ3n) is 3.87. The lowest BCUT2D eigenvalue weighted by Gasteiger charge is -2.26. The molecule has 6 nitrogen and oxygen atoms in total. The number of aromatic nitrogens is 3. The Morgan fingerprint density at radius 1 is 1.36 bits per heavy atom. The van der Waals surface area contributed by atoms with Crippen LogP contribution in [0.1, 0.15) is 17.0 Å². The number of aryl methyl sites for hydroxylation is 1. The molecule has 0 saturated heterocycles. The van der Waals surface area contributed by atoms with E-state index in [4.69, 9.17) is 0 Å². The Kier molecular flexibility index (Phi) is 4.04. The van der Waals surface area contributed by atoms with Crippen molar-refractivity contribution >= 4 is 6.03 Å². The maximum Gasteiger partial charge on any atom is 0.317 e. The molecule has 0 saturated carbocycles. The quantitative estimate of drug-likeness (QED) is 0.928. The van der Waals surface area contributed by atoms with Crippen LogP contribution in [0, 0.1) is 5.82 Å². The highest BCUT2D eigenvalue weighted by atomic mass is 19.1. The van der Waals surface area contributed by atoms with Crippen LogP contribution < -0.4 is 5.32 Å². The van der Waals surface area contributed by atoms with Crippen LogP contribution in [-0.2, 0) is 26.4 Å². The predicted octanol–water partition coefficient (Wildman–Crippen LogP) is 1.26. The molecule has 1 aliphatic rings. The zero-order valence-electron chi connectivity index (χ0n) is 12.4. The summed E-state index contributed by atoms with van der Waals surface area (Å²) < 4.78 is 14.6. The normalized spacial score (nSPS) is 13.8. The van der Waals surface area contributed by atoms with Crippen molar-refractivity contribution in [3.8, 4) is 0 Å². The molecular weight excluding hydrogens is 285 g/mol. The van der Waals surface area contributed by atoms with Crippen LogP contribution in [-0.4, -0.2) is 39.0 Å². The Morgan fingerprint density at radius 2 is 2.14 bits per heavy atom. The van der Waals surface area contributed by atoms with E-state index in [2.05, 4.69) is 15.6 Å². The second-order valence-corrected chi connectivity index (χ2v) is 5.39. The molecule has 0 bridgehead atoms. The molecule has 2 heterocycles. The van der Waals surface area contributed by atoms with Crippen LogP contribution >= 0.6 is 0 Å². The third kappa shape index (κ3) is 3.08.